The Balaban J connectivity index is 2.33. The summed E-state index contributed by atoms with van der Waals surface area (Å²) in [5.41, 5.74) is 2.23. The summed E-state index contributed by atoms with van der Waals surface area (Å²) in [6.07, 6.45) is 1.64. The Morgan fingerprint density at radius 3 is 2.74 bits per heavy atom. The Morgan fingerprint density at radius 2 is 2.16 bits per heavy atom. The first-order valence-corrected chi connectivity index (χ1v) is 5.48. The fourth-order valence-electron chi connectivity index (χ4n) is 1.54. The number of nitriles is 1. The lowest BCUT2D eigenvalue weighted by Gasteiger charge is -2.07. The Labute approximate surface area is 109 Å². The van der Waals surface area contributed by atoms with Crippen molar-refractivity contribution in [3.63, 3.8) is 0 Å². The number of hydrogen-bond acceptors (Lipinski definition) is 5. The monoisotopic (exact) mass is 254 g/mol. The first-order valence-electron chi connectivity index (χ1n) is 5.48. The number of pyridine rings is 1. The lowest BCUT2D eigenvalue weighted by Crippen LogP contribution is -1.96. The number of non-ortho nitro benzene ring substituents is 1. The molecule has 1 aromatic heterocycles. The molecule has 0 bridgehead atoms. The molecule has 2 rings (SSSR count). The Hall–Kier alpha value is -2.94. The molecule has 2 aromatic rings. The summed E-state index contributed by atoms with van der Waals surface area (Å²) >= 11 is 0. The summed E-state index contributed by atoms with van der Waals surface area (Å²) in [5, 5.41) is 22.7. The first-order chi connectivity index (χ1) is 9.10. The van der Waals surface area contributed by atoms with E-state index < -0.39 is 4.92 Å². The van der Waals surface area contributed by atoms with Crippen LogP contribution in [0.1, 0.15) is 11.3 Å². The molecule has 0 atom stereocenters. The molecular formula is C13H10N4O2. The number of anilines is 2. The van der Waals surface area contributed by atoms with Crippen LogP contribution >= 0.6 is 0 Å². The van der Waals surface area contributed by atoms with Gasteiger partial charge in [-0.2, -0.15) is 5.26 Å². The van der Waals surface area contributed by atoms with Crippen LogP contribution in [0.5, 0.6) is 0 Å². The molecule has 6 heteroatoms. The van der Waals surface area contributed by atoms with Crippen LogP contribution in [-0.4, -0.2) is 9.91 Å². The molecule has 0 fully saturated rings. The average Bonchev–Trinajstić information content (AvgIpc) is 2.41. The van der Waals surface area contributed by atoms with Crippen molar-refractivity contribution >= 4 is 17.1 Å². The third kappa shape index (κ3) is 2.84. The van der Waals surface area contributed by atoms with Crippen LogP contribution in [0.15, 0.2) is 36.5 Å². The Morgan fingerprint density at radius 1 is 1.37 bits per heavy atom. The standard InChI is InChI=1S/C13H10N4O2/c1-9-2-3-11(8-15-9)16-13-5-4-12(17(18)19)6-10(13)7-14/h2-6,8,16H,1H3. The summed E-state index contributed by atoms with van der Waals surface area (Å²) in [7, 11) is 0. The second kappa shape index (κ2) is 5.14. The quantitative estimate of drug-likeness (QED) is 0.671. The van der Waals surface area contributed by atoms with E-state index in [0.717, 1.165) is 11.4 Å². The molecule has 1 heterocycles. The molecule has 0 unspecified atom stereocenters. The van der Waals surface area contributed by atoms with Gasteiger partial charge >= 0.3 is 0 Å². The number of hydrogen-bond donors (Lipinski definition) is 1. The van der Waals surface area contributed by atoms with Crippen LogP contribution in [0, 0.1) is 28.4 Å². The summed E-state index contributed by atoms with van der Waals surface area (Å²) in [6, 6.07) is 9.69. The molecule has 0 aliphatic carbocycles. The van der Waals surface area contributed by atoms with Crippen molar-refractivity contribution in [1.82, 2.24) is 4.98 Å². The van der Waals surface area contributed by atoms with Gasteiger partial charge in [0.2, 0.25) is 0 Å². The third-order valence-electron chi connectivity index (χ3n) is 2.52. The van der Waals surface area contributed by atoms with Gasteiger partial charge in [-0.25, -0.2) is 0 Å². The average molecular weight is 254 g/mol. The largest absolute Gasteiger partial charge is 0.353 e. The molecule has 0 spiro atoms. The van der Waals surface area contributed by atoms with Crippen LogP contribution in [0.25, 0.3) is 0 Å². The van der Waals surface area contributed by atoms with Crippen molar-refractivity contribution in [2.45, 2.75) is 6.92 Å². The number of nitro groups is 1. The second-order valence-corrected chi connectivity index (χ2v) is 3.91. The molecule has 0 saturated heterocycles. The lowest BCUT2D eigenvalue weighted by molar-refractivity contribution is -0.384. The lowest BCUT2D eigenvalue weighted by atomic mass is 10.1. The third-order valence-corrected chi connectivity index (χ3v) is 2.52. The van der Waals surface area contributed by atoms with E-state index in [-0.39, 0.29) is 11.3 Å². The zero-order chi connectivity index (χ0) is 13.8. The number of nitrogens with zero attached hydrogens (tertiary/aromatic N) is 3. The number of benzene rings is 1. The summed E-state index contributed by atoms with van der Waals surface area (Å²) in [6.45, 7) is 1.87. The topological polar surface area (TPSA) is 91.9 Å². The predicted molar refractivity (Wildman–Crippen MR) is 70.1 cm³/mol. The van der Waals surface area contributed by atoms with E-state index in [1.165, 1.54) is 18.2 Å². The normalized spacial score (nSPS) is 9.68. The van der Waals surface area contributed by atoms with Crippen molar-refractivity contribution in [1.29, 1.82) is 5.26 Å². The van der Waals surface area contributed by atoms with Gasteiger partial charge in [0.25, 0.3) is 5.69 Å². The minimum atomic E-state index is -0.530. The molecule has 19 heavy (non-hydrogen) atoms. The predicted octanol–water partition coefficient (Wildman–Crippen LogP) is 2.91. The van der Waals surface area contributed by atoms with E-state index in [2.05, 4.69) is 10.3 Å². The van der Waals surface area contributed by atoms with Gasteiger partial charge in [0.1, 0.15) is 6.07 Å². The van der Waals surface area contributed by atoms with Crippen molar-refractivity contribution in [2.75, 3.05) is 5.32 Å². The van der Waals surface area contributed by atoms with Gasteiger partial charge in [0, 0.05) is 17.8 Å². The van der Waals surface area contributed by atoms with Crippen LogP contribution in [0.4, 0.5) is 17.1 Å². The molecule has 0 amide bonds. The smallest absolute Gasteiger partial charge is 0.270 e. The molecule has 6 nitrogen and oxygen atoms in total. The SMILES string of the molecule is Cc1ccc(Nc2ccc([N+](=O)[O-])cc2C#N)cn1. The van der Waals surface area contributed by atoms with Crippen molar-refractivity contribution in [3.05, 3.63) is 57.9 Å². The van der Waals surface area contributed by atoms with E-state index in [9.17, 15) is 10.1 Å². The highest BCUT2D eigenvalue weighted by molar-refractivity contribution is 5.68. The summed E-state index contributed by atoms with van der Waals surface area (Å²) in [5.74, 6) is 0. The van der Waals surface area contributed by atoms with Crippen molar-refractivity contribution in [3.8, 4) is 6.07 Å². The van der Waals surface area contributed by atoms with Gasteiger partial charge in [-0.15, -0.1) is 0 Å². The fourth-order valence-corrected chi connectivity index (χ4v) is 1.54. The van der Waals surface area contributed by atoms with Gasteiger partial charge in [0.15, 0.2) is 0 Å². The van der Waals surface area contributed by atoms with Crippen molar-refractivity contribution in [2.24, 2.45) is 0 Å². The molecular weight excluding hydrogens is 244 g/mol. The minimum Gasteiger partial charge on any atom is -0.353 e. The molecule has 0 radical (unpaired) electrons. The maximum atomic E-state index is 10.6. The van der Waals surface area contributed by atoms with Gasteiger partial charge < -0.3 is 5.32 Å². The van der Waals surface area contributed by atoms with Gasteiger partial charge in [-0.3, -0.25) is 15.1 Å². The molecule has 1 N–H and O–H groups in total. The number of aromatic nitrogens is 1. The number of nitro benzene ring substituents is 1. The van der Waals surface area contributed by atoms with Gasteiger partial charge in [-0.05, 0) is 25.1 Å². The van der Waals surface area contributed by atoms with Crippen LogP contribution in [0.2, 0.25) is 0 Å². The minimum absolute atomic E-state index is 0.107. The van der Waals surface area contributed by atoms with Crippen LogP contribution in [0.3, 0.4) is 0 Å². The highest BCUT2D eigenvalue weighted by Gasteiger charge is 2.10. The Kier molecular flexibility index (Phi) is 3.39. The van der Waals surface area contributed by atoms with Crippen molar-refractivity contribution < 1.29 is 4.92 Å². The van der Waals surface area contributed by atoms with Crippen LogP contribution < -0.4 is 5.32 Å². The maximum absolute atomic E-state index is 10.6. The van der Waals surface area contributed by atoms with E-state index in [0.29, 0.717) is 5.69 Å². The molecule has 94 valence electrons. The van der Waals surface area contributed by atoms with Crippen LogP contribution in [-0.2, 0) is 0 Å². The highest BCUT2D eigenvalue weighted by atomic mass is 16.6. The first kappa shape index (κ1) is 12.5. The maximum Gasteiger partial charge on any atom is 0.270 e. The Bertz CT molecular complexity index is 659. The zero-order valence-corrected chi connectivity index (χ0v) is 10.1. The molecule has 0 aliphatic rings. The van der Waals surface area contributed by atoms with E-state index >= 15 is 0 Å². The molecule has 0 saturated carbocycles. The zero-order valence-electron chi connectivity index (χ0n) is 10.1. The van der Waals surface area contributed by atoms with E-state index in [1.807, 2.05) is 25.1 Å². The molecule has 0 aliphatic heterocycles. The summed E-state index contributed by atoms with van der Waals surface area (Å²) < 4.78 is 0. The van der Waals surface area contributed by atoms with E-state index in [4.69, 9.17) is 5.26 Å². The van der Waals surface area contributed by atoms with Gasteiger partial charge in [0.05, 0.1) is 28.1 Å². The highest BCUT2D eigenvalue weighted by Crippen LogP contribution is 2.24. The van der Waals surface area contributed by atoms with Gasteiger partial charge in [-0.1, -0.05) is 0 Å². The fraction of sp³-hybridized carbons (Fsp3) is 0.0769. The molecule has 1 aromatic carbocycles. The second-order valence-electron chi connectivity index (χ2n) is 3.91. The number of nitrogens with one attached hydrogen (secondary N) is 1. The number of aryl methyl sites for hydroxylation is 1. The van der Waals surface area contributed by atoms with E-state index in [1.54, 1.807) is 6.20 Å². The summed E-state index contributed by atoms with van der Waals surface area (Å²) in [4.78, 5) is 14.2. The number of rotatable bonds is 3.